The second-order valence-electron chi connectivity index (χ2n) is 7.36. The lowest BCUT2D eigenvalue weighted by molar-refractivity contribution is 0.297. The van der Waals surface area contributed by atoms with E-state index in [0.717, 1.165) is 34.3 Å². The number of nitrogens with two attached hydrogens (primary N) is 1. The highest BCUT2D eigenvalue weighted by Gasteiger charge is 2.29. The lowest BCUT2D eigenvalue weighted by atomic mass is 10.1. The van der Waals surface area contributed by atoms with Gasteiger partial charge in [0, 0.05) is 34.7 Å². The van der Waals surface area contributed by atoms with Gasteiger partial charge in [0.1, 0.15) is 0 Å². The number of rotatable bonds is 2. The van der Waals surface area contributed by atoms with E-state index < -0.39 is 6.17 Å². The first kappa shape index (κ1) is 18.1. The van der Waals surface area contributed by atoms with Gasteiger partial charge in [0.25, 0.3) is 0 Å². The van der Waals surface area contributed by atoms with Crippen LogP contribution in [-0.4, -0.2) is 38.9 Å². The number of H-pyrrole nitrogens is 1. The number of benzene rings is 2. The summed E-state index contributed by atoms with van der Waals surface area (Å²) in [6.07, 6.45) is 2.13. The number of fused-ring (bicyclic) bond motifs is 4. The molecule has 10 heteroatoms. The largest absolute Gasteiger partial charge is 0.489 e. The number of imidazole rings is 1. The average molecular weight is 436 g/mol. The van der Waals surface area contributed by atoms with Gasteiger partial charge in [-0.1, -0.05) is 23.7 Å². The summed E-state index contributed by atoms with van der Waals surface area (Å²) in [7, 11) is 0. The van der Waals surface area contributed by atoms with Crippen molar-refractivity contribution in [3.8, 4) is 22.8 Å². The highest BCUT2D eigenvalue weighted by molar-refractivity contribution is 6.30. The van der Waals surface area contributed by atoms with E-state index in [2.05, 4.69) is 20.5 Å². The van der Waals surface area contributed by atoms with Crippen LogP contribution in [0, 0.1) is 0 Å². The molecule has 2 aliphatic rings. The van der Waals surface area contributed by atoms with E-state index in [1.165, 1.54) is 0 Å². The maximum Gasteiger partial charge on any atom is 0.212 e. The summed E-state index contributed by atoms with van der Waals surface area (Å²) in [5.74, 6) is 2.26. The Morgan fingerprint density at radius 2 is 1.87 bits per heavy atom. The van der Waals surface area contributed by atoms with Gasteiger partial charge in [0.15, 0.2) is 23.6 Å². The molecule has 0 unspecified atom stereocenters. The topological polar surface area (TPSA) is 115 Å². The molecule has 0 aliphatic carbocycles. The summed E-state index contributed by atoms with van der Waals surface area (Å²) in [4.78, 5) is 9.39. The maximum atomic E-state index is 6.11. The molecule has 156 valence electrons. The number of hydrogen-bond acceptors (Lipinski definition) is 7. The second-order valence-corrected chi connectivity index (χ2v) is 7.80. The van der Waals surface area contributed by atoms with Crippen molar-refractivity contribution >= 4 is 34.5 Å². The molecule has 4 heterocycles. The first-order chi connectivity index (χ1) is 15.2. The number of ether oxygens (including phenoxy) is 2. The van der Waals surface area contributed by atoms with E-state index in [9.17, 15) is 0 Å². The van der Waals surface area contributed by atoms with Crippen LogP contribution in [-0.2, 0) is 0 Å². The van der Waals surface area contributed by atoms with Crippen LogP contribution in [0.2, 0.25) is 5.02 Å². The third kappa shape index (κ3) is 2.97. The van der Waals surface area contributed by atoms with Crippen molar-refractivity contribution in [1.82, 2.24) is 19.7 Å². The Bertz CT molecular complexity index is 1330. The molecule has 2 aliphatic heterocycles. The molecule has 0 spiro atoms. The molecule has 2 aromatic carbocycles. The SMILES string of the molecule is NC1=N[C@H](c2cn[nH]c2-c2ccc(Cl)cc2)n2c(nc3cc4c(cc32)OCCCO4)N1. The molecule has 4 aromatic rings. The van der Waals surface area contributed by atoms with E-state index in [4.69, 9.17) is 31.8 Å². The van der Waals surface area contributed by atoms with Gasteiger partial charge >= 0.3 is 0 Å². The monoisotopic (exact) mass is 435 g/mol. The highest BCUT2D eigenvalue weighted by Crippen LogP contribution is 2.40. The Hall–Kier alpha value is -3.72. The van der Waals surface area contributed by atoms with Gasteiger partial charge in [-0.05, 0) is 12.1 Å². The summed E-state index contributed by atoms with van der Waals surface area (Å²) in [5, 5.41) is 11.1. The zero-order valence-electron chi connectivity index (χ0n) is 16.3. The summed E-state index contributed by atoms with van der Waals surface area (Å²) in [6.45, 7) is 1.22. The van der Waals surface area contributed by atoms with Gasteiger partial charge in [-0.15, -0.1) is 0 Å². The first-order valence-electron chi connectivity index (χ1n) is 9.88. The number of anilines is 1. The predicted octanol–water partition coefficient (Wildman–Crippen LogP) is 3.53. The van der Waals surface area contributed by atoms with Crippen molar-refractivity contribution < 1.29 is 9.47 Å². The predicted molar refractivity (Wildman–Crippen MR) is 118 cm³/mol. The summed E-state index contributed by atoms with van der Waals surface area (Å²) >= 11 is 6.06. The molecular formula is C21H18ClN7O2. The van der Waals surface area contributed by atoms with Crippen LogP contribution in [0.5, 0.6) is 11.5 Å². The van der Waals surface area contributed by atoms with Crippen LogP contribution < -0.4 is 20.5 Å². The standard InChI is InChI=1S/C21H18ClN7O2/c22-12-4-2-11(3-5-12)18-13(10-24-28-18)19-26-20(23)27-21-25-14-8-16-17(9-15(14)29(19)21)31-7-1-6-30-16/h2-5,8-10,19H,1,6-7H2,(H,24,28)(H3,23,25,26,27)/t19-/m0/s1. The number of nitrogens with one attached hydrogen (secondary N) is 2. The van der Waals surface area contributed by atoms with Crippen LogP contribution >= 0.6 is 11.6 Å². The molecule has 9 nitrogen and oxygen atoms in total. The summed E-state index contributed by atoms with van der Waals surface area (Å²) in [5.41, 5.74) is 10.4. The zero-order valence-corrected chi connectivity index (χ0v) is 17.1. The van der Waals surface area contributed by atoms with Gasteiger partial charge in [0.05, 0.1) is 36.1 Å². The molecule has 31 heavy (non-hydrogen) atoms. The minimum atomic E-state index is -0.463. The Kier molecular flexibility index (Phi) is 4.03. The number of nitrogens with zero attached hydrogens (tertiary/aromatic N) is 4. The highest BCUT2D eigenvalue weighted by atomic mass is 35.5. The van der Waals surface area contributed by atoms with E-state index in [1.54, 1.807) is 6.20 Å². The molecule has 0 saturated carbocycles. The van der Waals surface area contributed by atoms with Gasteiger partial charge in [-0.3, -0.25) is 15.0 Å². The fourth-order valence-electron chi connectivity index (χ4n) is 3.97. The minimum absolute atomic E-state index is 0.283. The summed E-state index contributed by atoms with van der Waals surface area (Å²) < 4.78 is 13.7. The van der Waals surface area contributed by atoms with E-state index in [0.29, 0.717) is 35.7 Å². The number of halogens is 1. The van der Waals surface area contributed by atoms with Crippen molar-refractivity contribution in [2.75, 3.05) is 18.5 Å². The van der Waals surface area contributed by atoms with Gasteiger partial charge in [-0.25, -0.2) is 9.98 Å². The maximum absolute atomic E-state index is 6.11. The molecule has 0 fully saturated rings. The fraction of sp³-hybridized carbons (Fsp3) is 0.190. The molecule has 6 rings (SSSR count). The number of aliphatic imine (C=N–C) groups is 1. The van der Waals surface area contributed by atoms with E-state index >= 15 is 0 Å². The fourth-order valence-corrected chi connectivity index (χ4v) is 4.10. The van der Waals surface area contributed by atoms with Gasteiger partial charge in [-0.2, -0.15) is 5.10 Å². The molecule has 1 atom stereocenters. The Morgan fingerprint density at radius 3 is 2.68 bits per heavy atom. The number of aromatic nitrogens is 4. The van der Waals surface area contributed by atoms with E-state index in [-0.39, 0.29) is 5.96 Å². The average Bonchev–Trinajstić information content (AvgIpc) is 3.30. The molecular weight excluding hydrogens is 418 g/mol. The Balaban J connectivity index is 1.53. The molecule has 0 amide bonds. The lowest BCUT2D eigenvalue weighted by Gasteiger charge is -2.23. The number of guanidine groups is 1. The lowest BCUT2D eigenvalue weighted by Crippen LogP contribution is -2.31. The van der Waals surface area contributed by atoms with Crippen molar-refractivity contribution in [2.45, 2.75) is 12.6 Å². The van der Waals surface area contributed by atoms with Crippen molar-refractivity contribution in [3.05, 3.63) is 53.2 Å². The molecule has 4 N–H and O–H groups in total. The third-order valence-corrected chi connectivity index (χ3v) is 5.64. The van der Waals surface area contributed by atoms with Crippen LogP contribution in [0.1, 0.15) is 18.2 Å². The Morgan fingerprint density at radius 1 is 1.10 bits per heavy atom. The van der Waals surface area contributed by atoms with Crippen molar-refractivity contribution in [2.24, 2.45) is 10.7 Å². The molecule has 0 saturated heterocycles. The number of hydrogen-bond donors (Lipinski definition) is 3. The molecule has 2 aromatic heterocycles. The normalized spacial score (nSPS) is 17.6. The summed E-state index contributed by atoms with van der Waals surface area (Å²) in [6, 6.07) is 11.4. The van der Waals surface area contributed by atoms with Crippen LogP contribution in [0.15, 0.2) is 47.6 Å². The minimum Gasteiger partial charge on any atom is -0.489 e. The molecule has 0 radical (unpaired) electrons. The van der Waals surface area contributed by atoms with Crippen LogP contribution in [0.3, 0.4) is 0 Å². The first-order valence-corrected chi connectivity index (χ1v) is 10.3. The van der Waals surface area contributed by atoms with Crippen molar-refractivity contribution in [1.29, 1.82) is 0 Å². The van der Waals surface area contributed by atoms with Crippen molar-refractivity contribution in [3.63, 3.8) is 0 Å². The van der Waals surface area contributed by atoms with E-state index in [1.807, 2.05) is 41.0 Å². The molecule has 0 bridgehead atoms. The number of aromatic amines is 1. The second kappa shape index (κ2) is 6.92. The Labute approximate surface area is 181 Å². The van der Waals surface area contributed by atoms with Crippen LogP contribution in [0.4, 0.5) is 5.95 Å². The van der Waals surface area contributed by atoms with Crippen LogP contribution in [0.25, 0.3) is 22.3 Å². The third-order valence-electron chi connectivity index (χ3n) is 5.38. The zero-order chi connectivity index (χ0) is 20.9. The smallest absolute Gasteiger partial charge is 0.212 e. The quantitative estimate of drug-likeness (QED) is 0.443. The van der Waals surface area contributed by atoms with Gasteiger partial charge in [0.2, 0.25) is 5.95 Å². The van der Waals surface area contributed by atoms with Gasteiger partial charge < -0.3 is 15.2 Å².